The molecule has 18 heavy (non-hydrogen) atoms. The number of carbonyl (C=O) groups excluding carboxylic acids is 1. The van der Waals surface area contributed by atoms with Gasteiger partial charge in [0, 0.05) is 24.5 Å². The van der Waals surface area contributed by atoms with Gasteiger partial charge in [-0.3, -0.25) is 4.79 Å². The van der Waals surface area contributed by atoms with Crippen LogP contribution in [0.1, 0.15) is 37.1 Å². The Morgan fingerprint density at radius 3 is 3.17 bits per heavy atom. The third-order valence-electron chi connectivity index (χ3n) is 3.25. The minimum Gasteiger partial charge on any atom is -0.354 e. The summed E-state index contributed by atoms with van der Waals surface area (Å²) in [6.45, 7) is 1.65. The number of aromatic nitrogens is 1. The second kappa shape index (κ2) is 7.48. The Kier molecular flexibility index (Phi) is 5.61. The van der Waals surface area contributed by atoms with Crippen LogP contribution in [-0.2, 0) is 11.2 Å². The van der Waals surface area contributed by atoms with Crippen molar-refractivity contribution in [1.29, 1.82) is 0 Å². The monoisotopic (exact) mass is 267 g/mol. The van der Waals surface area contributed by atoms with Gasteiger partial charge in [0.15, 0.2) is 0 Å². The van der Waals surface area contributed by atoms with E-state index in [4.69, 9.17) is 0 Å². The molecule has 0 aromatic carbocycles. The molecule has 2 N–H and O–H groups in total. The fraction of sp³-hybridized carbons (Fsp3) is 0.692. The number of hydrogen-bond acceptors (Lipinski definition) is 4. The molecule has 0 radical (unpaired) electrons. The van der Waals surface area contributed by atoms with Gasteiger partial charge in [-0.05, 0) is 19.4 Å². The molecule has 0 saturated carbocycles. The first-order chi connectivity index (χ1) is 8.86. The Balaban J connectivity index is 1.69. The van der Waals surface area contributed by atoms with Crippen molar-refractivity contribution in [2.45, 2.75) is 44.6 Å². The third-order valence-corrected chi connectivity index (χ3v) is 4.09. The van der Waals surface area contributed by atoms with Crippen LogP contribution in [0, 0.1) is 0 Å². The normalized spacial score (nSPS) is 21.0. The number of carbonyl (C=O) groups is 1. The zero-order valence-electron chi connectivity index (χ0n) is 10.7. The highest BCUT2D eigenvalue weighted by Crippen LogP contribution is 2.09. The summed E-state index contributed by atoms with van der Waals surface area (Å²) >= 11 is 1.64. The van der Waals surface area contributed by atoms with Gasteiger partial charge < -0.3 is 10.6 Å². The zero-order chi connectivity index (χ0) is 12.6. The summed E-state index contributed by atoms with van der Waals surface area (Å²) in [5.41, 5.74) is 0. The lowest BCUT2D eigenvalue weighted by Crippen LogP contribution is -2.45. The molecule has 1 aliphatic heterocycles. The fourth-order valence-electron chi connectivity index (χ4n) is 2.22. The summed E-state index contributed by atoms with van der Waals surface area (Å²) in [7, 11) is 0. The van der Waals surface area contributed by atoms with Gasteiger partial charge in [-0.25, -0.2) is 4.98 Å². The molecule has 0 spiro atoms. The standard InChI is InChI=1S/C13H21N3OS/c17-13(11-5-3-1-2-4-7-14-11)16-8-6-12-15-9-10-18-12/h9-11,14H,1-8H2,(H,16,17). The van der Waals surface area contributed by atoms with Gasteiger partial charge in [0.2, 0.25) is 5.91 Å². The van der Waals surface area contributed by atoms with E-state index in [-0.39, 0.29) is 11.9 Å². The van der Waals surface area contributed by atoms with Crippen LogP contribution in [0.25, 0.3) is 0 Å². The maximum absolute atomic E-state index is 12.0. The maximum Gasteiger partial charge on any atom is 0.237 e. The summed E-state index contributed by atoms with van der Waals surface area (Å²) in [5, 5.41) is 9.39. The maximum atomic E-state index is 12.0. The molecule has 1 unspecified atom stereocenters. The highest BCUT2D eigenvalue weighted by Gasteiger charge is 2.18. The van der Waals surface area contributed by atoms with E-state index >= 15 is 0 Å². The highest BCUT2D eigenvalue weighted by atomic mass is 32.1. The summed E-state index contributed by atoms with van der Waals surface area (Å²) in [6, 6.07) is 0.00148. The van der Waals surface area contributed by atoms with Crippen LogP contribution >= 0.6 is 11.3 Å². The molecule has 2 heterocycles. The zero-order valence-corrected chi connectivity index (χ0v) is 11.5. The lowest BCUT2D eigenvalue weighted by Gasteiger charge is -2.20. The van der Waals surface area contributed by atoms with Gasteiger partial charge in [-0.2, -0.15) is 0 Å². The Morgan fingerprint density at radius 2 is 2.33 bits per heavy atom. The Bertz CT molecular complexity index is 345. The Morgan fingerprint density at radius 1 is 1.44 bits per heavy atom. The van der Waals surface area contributed by atoms with Gasteiger partial charge in [0.1, 0.15) is 0 Å². The smallest absolute Gasteiger partial charge is 0.237 e. The molecule has 1 aromatic rings. The van der Waals surface area contributed by atoms with Crippen molar-refractivity contribution in [2.75, 3.05) is 13.1 Å². The van der Waals surface area contributed by atoms with Crippen molar-refractivity contribution >= 4 is 17.2 Å². The molecule has 5 heteroatoms. The number of nitrogens with zero attached hydrogens (tertiary/aromatic N) is 1. The van der Waals surface area contributed by atoms with Gasteiger partial charge in [-0.1, -0.05) is 19.3 Å². The van der Waals surface area contributed by atoms with E-state index in [1.54, 1.807) is 17.5 Å². The van der Waals surface area contributed by atoms with Crippen LogP contribution < -0.4 is 10.6 Å². The lowest BCUT2D eigenvalue weighted by atomic mass is 10.0. The SMILES string of the molecule is O=C(NCCc1nccs1)C1CCCCCCN1. The van der Waals surface area contributed by atoms with Gasteiger partial charge in [0.25, 0.3) is 0 Å². The molecule has 1 aliphatic rings. The molecule has 1 aromatic heterocycles. The number of hydrogen-bond donors (Lipinski definition) is 2. The molecule has 100 valence electrons. The third kappa shape index (κ3) is 4.38. The predicted molar refractivity (Wildman–Crippen MR) is 73.7 cm³/mol. The second-order valence-electron chi connectivity index (χ2n) is 4.68. The average molecular weight is 267 g/mol. The first-order valence-corrected chi connectivity index (χ1v) is 7.64. The van der Waals surface area contributed by atoms with Crippen LogP contribution in [0.4, 0.5) is 0 Å². The number of nitrogens with one attached hydrogen (secondary N) is 2. The molecule has 1 amide bonds. The van der Waals surface area contributed by atoms with Crippen molar-refractivity contribution < 1.29 is 4.79 Å². The quantitative estimate of drug-likeness (QED) is 0.873. The lowest BCUT2D eigenvalue weighted by molar-refractivity contribution is -0.123. The highest BCUT2D eigenvalue weighted by molar-refractivity contribution is 7.09. The van der Waals surface area contributed by atoms with E-state index in [0.717, 1.165) is 30.8 Å². The topological polar surface area (TPSA) is 54.0 Å². The minimum absolute atomic E-state index is 0.00148. The molecular weight excluding hydrogens is 246 g/mol. The van der Waals surface area contributed by atoms with E-state index in [1.165, 1.54) is 19.3 Å². The van der Waals surface area contributed by atoms with Crippen molar-refractivity contribution in [2.24, 2.45) is 0 Å². The van der Waals surface area contributed by atoms with Crippen molar-refractivity contribution in [3.8, 4) is 0 Å². The molecule has 2 rings (SSSR count). The second-order valence-corrected chi connectivity index (χ2v) is 5.66. The van der Waals surface area contributed by atoms with Crippen molar-refractivity contribution in [1.82, 2.24) is 15.6 Å². The van der Waals surface area contributed by atoms with Gasteiger partial charge in [0.05, 0.1) is 11.0 Å². The fourth-order valence-corrected chi connectivity index (χ4v) is 2.84. The summed E-state index contributed by atoms with van der Waals surface area (Å²) < 4.78 is 0. The van der Waals surface area contributed by atoms with E-state index in [2.05, 4.69) is 15.6 Å². The molecule has 4 nitrogen and oxygen atoms in total. The van der Waals surface area contributed by atoms with E-state index < -0.39 is 0 Å². The molecular formula is C13H21N3OS. The van der Waals surface area contributed by atoms with Crippen LogP contribution in [0.5, 0.6) is 0 Å². The van der Waals surface area contributed by atoms with Crippen LogP contribution in [0.3, 0.4) is 0 Å². The van der Waals surface area contributed by atoms with Crippen molar-refractivity contribution in [3.05, 3.63) is 16.6 Å². The van der Waals surface area contributed by atoms with Gasteiger partial charge >= 0.3 is 0 Å². The van der Waals surface area contributed by atoms with Gasteiger partial charge in [-0.15, -0.1) is 11.3 Å². The average Bonchev–Trinajstić information content (AvgIpc) is 2.81. The van der Waals surface area contributed by atoms with E-state index in [0.29, 0.717) is 6.54 Å². The molecule has 0 aliphatic carbocycles. The van der Waals surface area contributed by atoms with Crippen molar-refractivity contribution in [3.63, 3.8) is 0 Å². The molecule has 0 bridgehead atoms. The summed E-state index contributed by atoms with van der Waals surface area (Å²) in [5.74, 6) is 0.147. The molecule has 1 saturated heterocycles. The number of amides is 1. The largest absolute Gasteiger partial charge is 0.354 e. The van der Waals surface area contributed by atoms with E-state index in [1.807, 2.05) is 5.38 Å². The minimum atomic E-state index is 0.00148. The predicted octanol–water partition coefficient (Wildman–Crippen LogP) is 1.72. The van der Waals surface area contributed by atoms with Crippen LogP contribution in [-0.4, -0.2) is 30.0 Å². The summed E-state index contributed by atoms with van der Waals surface area (Å²) in [4.78, 5) is 16.2. The molecule has 1 atom stereocenters. The Hall–Kier alpha value is -0.940. The molecule has 1 fully saturated rings. The van der Waals surface area contributed by atoms with Crippen LogP contribution in [0.2, 0.25) is 0 Å². The summed E-state index contributed by atoms with van der Waals surface area (Å²) in [6.07, 6.45) is 8.47. The van der Waals surface area contributed by atoms with Crippen LogP contribution in [0.15, 0.2) is 11.6 Å². The Labute approximate surface area is 112 Å². The van der Waals surface area contributed by atoms with E-state index in [9.17, 15) is 4.79 Å². The number of rotatable bonds is 4. The first kappa shape index (κ1) is 13.5. The first-order valence-electron chi connectivity index (χ1n) is 6.76. The number of thiazole rings is 1.